The molecule has 0 radical (unpaired) electrons. The monoisotopic (exact) mass is 254 g/mol. The average molecular weight is 254 g/mol. The van der Waals surface area contributed by atoms with Gasteiger partial charge in [0.15, 0.2) is 0 Å². The van der Waals surface area contributed by atoms with E-state index in [-0.39, 0.29) is 11.9 Å². The number of carbonyl (C=O) groups excluding carboxylic acids is 1. The van der Waals surface area contributed by atoms with Gasteiger partial charge in [-0.2, -0.15) is 0 Å². The zero-order valence-electron chi connectivity index (χ0n) is 11.5. The molecule has 0 aromatic carbocycles. The van der Waals surface area contributed by atoms with Crippen LogP contribution in [0.3, 0.4) is 0 Å². The number of hydrogen-bond donors (Lipinski definition) is 2. The highest BCUT2D eigenvalue weighted by atomic mass is 32.1. The number of hydrogen-bond acceptors (Lipinski definition) is 3. The molecule has 0 aliphatic carbocycles. The second kappa shape index (κ2) is 5.19. The largest absolute Gasteiger partial charge is 0.348 e. The maximum absolute atomic E-state index is 12.0. The lowest BCUT2D eigenvalue weighted by Gasteiger charge is -2.25. The van der Waals surface area contributed by atoms with Crippen LogP contribution >= 0.6 is 11.3 Å². The Labute approximate surface area is 108 Å². The van der Waals surface area contributed by atoms with Gasteiger partial charge in [0.05, 0.1) is 11.6 Å². The number of amides is 1. The summed E-state index contributed by atoms with van der Waals surface area (Å²) in [6, 6.07) is 2.21. The second-order valence-electron chi connectivity index (χ2n) is 4.94. The van der Waals surface area contributed by atoms with E-state index in [1.807, 2.05) is 20.8 Å². The number of thiophene rings is 1. The van der Waals surface area contributed by atoms with Crippen molar-refractivity contribution in [3.05, 3.63) is 21.4 Å². The first-order valence-corrected chi connectivity index (χ1v) is 6.66. The summed E-state index contributed by atoms with van der Waals surface area (Å²) in [4.78, 5) is 14.6. The Balaban J connectivity index is 2.77. The minimum atomic E-state index is -0.534. The van der Waals surface area contributed by atoms with Gasteiger partial charge in [-0.25, -0.2) is 0 Å². The Bertz CT molecular complexity index is 410. The zero-order chi connectivity index (χ0) is 13.2. The van der Waals surface area contributed by atoms with Gasteiger partial charge in [0.1, 0.15) is 0 Å². The molecule has 17 heavy (non-hydrogen) atoms. The Morgan fingerprint density at radius 2 is 2.00 bits per heavy atom. The maximum Gasteiger partial charge on any atom is 0.240 e. The van der Waals surface area contributed by atoms with Crippen LogP contribution in [-0.4, -0.2) is 18.5 Å². The summed E-state index contributed by atoms with van der Waals surface area (Å²) in [6.07, 6.45) is 0. The van der Waals surface area contributed by atoms with Crippen LogP contribution in [0.25, 0.3) is 0 Å². The van der Waals surface area contributed by atoms with Gasteiger partial charge in [0, 0.05) is 9.75 Å². The van der Waals surface area contributed by atoms with Crippen molar-refractivity contribution in [1.29, 1.82) is 0 Å². The van der Waals surface area contributed by atoms with Crippen molar-refractivity contribution in [2.75, 3.05) is 7.05 Å². The smallest absolute Gasteiger partial charge is 0.240 e. The lowest BCUT2D eigenvalue weighted by atomic mass is 10.0. The molecule has 1 amide bonds. The maximum atomic E-state index is 12.0. The summed E-state index contributed by atoms with van der Waals surface area (Å²) in [6.45, 7) is 9.96. The van der Waals surface area contributed by atoms with E-state index >= 15 is 0 Å². The van der Waals surface area contributed by atoms with Crippen LogP contribution in [-0.2, 0) is 4.79 Å². The van der Waals surface area contributed by atoms with Gasteiger partial charge in [0.25, 0.3) is 0 Å². The number of likely N-dealkylation sites (N-methyl/N-ethyl adjacent to an activating group) is 1. The van der Waals surface area contributed by atoms with Crippen LogP contribution in [0.15, 0.2) is 6.07 Å². The molecule has 3 nitrogen and oxygen atoms in total. The van der Waals surface area contributed by atoms with Crippen LogP contribution in [0.4, 0.5) is 0 Å². The minimum Gasteiger partial charge on any atom is -0.348 e. The average Bonchev–Trinajstić information content (AvgIpc) is 2.57. The molecule has 1 atom stereocenters. The fourth-order valence-corrected chi connectivity index (χ4v) is 2.67. The Hall–Kier alpha value is -0.870. The number of aryl methyl sites for hydroxylation is 2. The van der Waals surface area contributed by atoms with E-state index in [1.54, 1.807) is 18.4 Å². The van der Waals surface area contributed by atoms with E-state index < -0.39 is 5.54 Å². The van der Waals surface area contributed by atoms with E-state index in [9.17, 15) is 4.79 Å². The Morgan fingerprint density at radius 3 is 2.41 bits per heavy atom. The first-order valence-electron chi connectivity index (χ1n) is 5.84. The summed E-state index contributed by atoms with van der Waals surface area (Å²) in [5.74, 6) is 0.0238. The van der Waals surface area contributed by atoms with Gasteiger partial charge in [-0.3, -0.25) is 4.79 Å². The van der Waals surface area contributed by atoms with Crippen molar-refractivity contribution in [1.82, 2.24) is 10.6 Å². The van der Waals surface area contributed by atoms with E-state index in [0.29, 0.717) is 0 Å². The molecule has 1 aromatic rings. The predicted octanol–water partition coefficient (Wildman–Crippen LogP) is 2.54. The highest BCUT2D eigenvalue weighted by Gasteiger charge is 2.27. The molecule has 1 rings (SSSR count). The summed E-state index contributed by atoms with van der Waals surface area (Å²) < 4.78 is 0. The van der Waals surface area contributed by atoms with Crippen molar-refractivity contribution in [3.63, 3.8) is 0 Å². The highest BCUT2D eigenvalue weighted by molar-refractivity contribution is 7.12. The number of carbonyl (C=O) groups is 1. The van der Waals surface area contributed by atoms with Gasteiger partial charge < -0.3 is 10.6 Å². The van der Waals surface area contributed by atoms with E-state index in [2.05, 4.69) is 30.5 Å². The third-order valence-electron chi connectivity index (χ3n) is 3.09. The van der Waals surface area contributed by atoms with Gasteiger partial charge in [-0.15, -0.1) is 11.3 Å². The van der Waals surface area contributed by atoms with Crippen LogP contribution < -0.4 is 10.6 Å². The van der Waals surface area contributed by atoms with Gasteiger partial charge in [-0.1, -0.05) is 0 Å². The molecule has 1 unspecified atom stereocenters. The number of rotatable bonds is 4. The number of nitrogens with one attached hydrogen (secondary N) is 2. The van der Waals surface area contributed by atoms with Gasteiger partial charge in [0.2, 0.25) is 5.91 Å². The summed E-state index contributed by atoms with van der Waals surface area (Å²) in [7, 11) is 1.80. The molecule has 2 N–H and O–H groups in total. The Kier molecular flexibility index (Phi) is 4.33. The van der Waals surface area contributed by atoms with Crippen LogP contribution in [0, 0.1) is 13.8 Å². The third-order valence-corrected chi connectivity index (χ3v) is 4.07. The van der Waals surface area contributed by atoms with Gasteiger partial charge >= 0.3 is 0 Å². The third kappa shape index (κ3) is 3.30. The normalized spacial score (nSPS) is 13.5. The molecule has 1 aromatic heterocycles. The molecule has 0 saturated carbocycles. The predicted molar refractivity (Wildman–Crippen MR) is 73.5 cm³/mol. The molecule has 0 aliphatic heterocycles. The zero-order valence-corrected chi connectivity index (χ0v) is 12.3. The molecule has 4 heteroatoms. The molecule has 0 aliphatic rings. The molecule has 0 spiro atoms. The molecule has 0 fully saturated rings. The quantitative estimate of drug-likeness (QED) is 0.867. The summed E-state index contributed by atoms with van der Waals surface area (Å²) in [5, 5.41) is 6.06. The fraction of sp³-hybridized carbons (Fsp3) is 0.615. The van der Waals surface area contributed by atoms with E-state index in [1.165, 1.54) is 15.3 Å². The SMILES string of the molecule is CNC(C)(C)C(=O)NC(C)c1cc(C)sc1C. The first kappa shape index (κ1) is 14.2. The molecule has 96 valence electrons. The lowest BCUT2D eigenvalue weighted by Crippen LogP contribution is -2.51. The van der Waals surface area contributed by atoms with Crippen LogP contribution in [0.5, 0.6) is 0 Å². The first-order chi connectivity index (χ1) is 7.77. The van der Waals surface area contributed by atoms with Crippen molar-refractivity contribution in [2.24, 2.45) is 0 Å². The molecule has 0 saturated heterocycles. The van der Waals surface area contributed by atoms with Crippen molar-refractivity contribution < 1.29 is 4.79 Å². The summed E-state index contributed by atoms with van der Waals surface area (Å²) >= 11 is 1.77. The lowest BCUT2D eigenvalue weighted by molar-refractivity contribution is -0.126. The highest BCUT2D eigenvalue weighted by Crippen LogP contribution is 2.26. The van der Waals surface area contributed by atoms with Crippen LogP contribution in [0.2, 0.25) is 0 Å². The molecule has 1 heterocycles. The topological polar surface area (TPSA) is 41.1 Å². The van der Waals surface area contributed by atoms with Crippen molar-refractivity contribution in [2.45, 2.75) is 46.2 Å². The fourth-order valence-electron chi connectivity index (χ4n) is 1.65. The molecular weight excluding hydrogens is 232 g/mol. The molecular formula is C13H22N2OS. The Morgan fingerprint density at radius 1 is 1.41 bits per heavy atom. The van der Waals surface area contributed by atoms with Crippen LogP contribution in [0.1, 0.15) is 42.1 Å². The van der Waals surface area contributed by atoms with Crippen molar-refractivity contribution >= 4 is 17.2 Å². The summed E-state index contributed by atoms with van der Waals surface area (Å²) in [5.41, 5.74) is 0.681. The minimum absolute atomic E-state index is 0.0238. The van der Waals surface area contributed by atoms with E-state index in [0.717, 1.165) is 0 Å². The standard InChI is InChI=1S/C13H22N2OS/c1-8-7-11(10(3)17-8)9(2)15-12(16)13(4,5)14-6/h7,9,14H,1-6H3,(H,15,16). The second-order valence-corrected chi connectivity index (χ2v) is 6.40. The van der Waals surface area contributed by atoms with E-state index in [4.69, 9.17) is 0 Å². The molecule has 0 bridgehead atoms. The van der Waals surface area contributed by atoms with Gasteiger partial charge in [-0.05, 0) is 53.3 Å². The van der Waals surface area contributed by atoms with Crippen molar-refractivity contribution in [3.8, 4) is 0 Å².